The van der Waals surface area contributed by atoms with Crippen molar-refractivity contribution in [3.63, 3.8) is 0 Å². The van der Waals surface area contributed by atoms with Gasteiger partial charge in [0.05, 0.1) is 18.7 Å². The number of carbonyl (C=O) groups excluding carboxylic acids is 1. The van der Waals surface area contributed by atoms with Crippen molar-refractivity contribution < 1.29 is 13.9 Å². The van der Waals surface area contributed by atoms with Crippen molar-refractivity contribution >= 4 is 17.7 Å². The van der Waals surface area contributed by atoms with Crippen molar-refractivity contribution in [1.82, 2.24) is 9.97 Å². The highest BCUT2D eigenvalue weighted by molar-refractivity contribution is 5.89. The van der Waals surface area contributed by atoms with Crippen molar-refractivity contribution in [1.29, 1.82) is 0 Å². The molecule has 3 rings (SSSR count). The number of primary amides is 1. The summed E-state index contributed by atoms with van der Waals surface area (Å²) in [6.07, 6.45) is 3.96. The van der Waals surface area contributed by atoms with E-state index < -0.39 is 5.91 Å². The van der Waals surface area contributed by atoms with Crippen LogP contribution in [0.2, 0.25) is 0 Å². The highest BCUT2D eigenvalue weighted by Gasteiger charge is 2.28. The van der Waals surface area contributed by atoms with Crippen LogP contribution in [0.1, 0.15) is 43.0 Å². The Morgan fingerprint density at radius 1 is 1.38 bits per heavy atom. The molecule has 1 aliphatic rings. The maximum atomic E-state index is 11.1. The molecule has 2 aromatic rings. The Bertz CT molecular complexity index is 746. The maximum absolute atomic E-state index is 11.1. The number of ether oxygens (including phenoxy) is 1. The van der Waals surface area contributed by atoms with E-state index in [1.807, 2.05) is 6.07 Å². The fourth-order valence-corrected chi connectivity index (χ4v) is 3.10. The van der Waals surface area contributed by atoms with Crippen molar-refractivity contribution in [2.75, 3.05) is 17.2 Å². The molecule has 4 N–H and O–H groups in total. The minimum Gasteiger partial charge on any atom is -0.454 e. The molecule has 2 aromatic heterocycles. The Morgan fingerprint density at radius 2 is 2.23 bits per heavy atom. The zero-order valence-electron chi connectivity index (χ0n) is 15.1. The van der Waals surface area contributed by atoms with Crippen LogP contribution < -0.4 is 16.4 Å². The molecular weight excluding hydrogens is 334 g/mol. The van der Waals surface area contributed by atoms with E-state index >= 15 is 0 Å². The predicted octanol–water partition coefficient (Wildman–Crippen LogP) is 2.40. The summed E-state index contributed by atoms with van der Waals surface area (Å²) in [6.45, 7) is 5.51. The molecule has 0 bridgehead atoms. The van der Waals surface area contributed by atoms with Gasteiger partial charge in [-0.2, -0.15) is 4.98 Å². The minimum absolute atomic E-state index is 0.134. The second-order valence-corrected chi connectivity index (χ2v) is 6.72. The normalized spacial score (nSPS) is 20.1. The van der Waals surface area contributed by atoms with E-state index in [0.717, 1.165) is 25.3 Å². The van der Waals surface area contributed by atoms with E-state index in [1.165, 1.54) is 0 Å². The van der Waals surface area contributed by atoms with Gasteiger partial charge in [-0.05, 0) is 37.0 Å². The summed E-state index contributed by atoms with van der Waals surface area (Å²) < 4.78 is 11.2. The van der Waals surface area contributed by atoms with Gasteiger partial charge in [-0.1, -0.05) is 13.8 Å². The third-order valence-corrected chi connectivity index (χ3v) is 4.34. The Labute approximate surface area is 152 Å². The zero-order valence-corrected chi connectivity index (χ0v) is 15.1. The topological polar surface area (TPSA) is 115 Å². The van der Waals surface area contributed by atoms with Crippen molar-refractivity contribution in [3.05, 3.63) is 35.9 Å². The summed E-state index contributed by atoms with van der Waals surface area (Å²) in [4.78, 5) is 19.8. The average Bonchev–Trinajstić information content (AvgIpc) is 3.10. The van der Waals surface area contributed by atoms with E-state index in [0.29, 0.717) is 24.2 Å². The number of amides is 1. The third kappa shape index (κ3) is 4.51. The molecule has 1 amide bonds. The molecule has 1 saturated heterocycles. The van der Waals surface area contributed by atoms with Crippen LogP contribution in [0.5, 0.6) is 0 Å². The summed E-state index contributed by atoms with van der Waals surface area (Å²) >= 11 is 0. The number of furan rings is 1. The predicted molar refractivity (Wildman–Crippen MR) is 97.8 cm³/mol. The van der Waals surface area contributed by atoms with E-state index in [9.17, 15) is 4.79 Å². The molecule has 0 aromatic carbocycles. The number of rotatable bonds is 7. The SMILES string of the molecule is CC(C)[C@H]1OCCC[C@H]1Nc1ccnc(NCc2ccc(C(N)=O)o2)n1. The van der Waals surface area contributed by atoms with Gasteiger partial charge in [-0.3, -0.25) is 4.79 Å². The first-order valence-electron chi connectivity index (χ1n) is 8.86. The van der Waals surface area contributed by atoms with Crippen molar-refractivity contribution in [2.45, 2.75) is 45.4 Å². The molecule has 8 heteroatoms. The molecule has 0 spiro atoms. The van der Waals surface area contributed by atoms with Crippen molar-refractivity contribution in [3.8, 4) is 0 Å². The Hall–Kier alpha value is -2.61. The lowest BCUT2D eigenvalue weighted by atomic mass is 9.94. The monoisotopic (exact) mass is 359 g/mol. The van der Waals surface area contributed by atoms with Crippen LogP contribution in [0.25, 0.3) is 0 Å². The number of aromatic nitrogens is 2. The van der Waals surface area contributed by atoms with Gasteiger partial charge in [0.25, 0.3) is 5.91 Å². The van der Waals surface area contributed by atoms with Gasteiger partial charge in [0.15, 0.2) is 5.76 Å². The highest BCUT2D eigenvalue weighted by atomic mass is 16.5. The first-order valence-corrected chi connectivity index (χ1v) is 8.86. The minimum atomic E-state index is -0.590. The van der Waals surface area contributed by atoms with Gasteiger partial charge < -0.3 is 25.5 Å². The van der Waals surface area contributed by atoms with Gasteiger partial charge in [0.1, 0.15) is 11.6 Å². The van der Waals surface area contributed by atoms with Crippen LogP contribution in [0.3, 0.4) is 0 Å². The van der Waals surface area contributed by atoms with E-state index in [-0.39, 0.29) is 17.9 Å². The van der Waals surface area contributed by atoms with Crippen LogP contribution in [0.4, 0.5) is 11.8 Å². The van der Waals surface area contributed by atoms with Gasteiger partial charge in [-0.15, -0.1) is 0 Å². The largest absolute Gasteiger partial charge is 0.454 e. The molecule has 0 radical (unpaired) electrons. The highest BCUT2D eigenvalue weighted by Crippen LogP contribution is 2.23. The van der Waals surface area contributed by atoms with E-state index in [2.05, 4.69) is 34.4 Å². The summed E-state index contributed by atoms with van der Waals surface area (Å²) in [7, 11) is 0. The van der Waals surface area contributed by atoms with E-state index in [1.54, 1.807) is 18.3 Å². The Balaban J connectivity index is 1.61. The summed E-state index contributed by atoms with van der Waals surface area (Å²) in [5.74, 6) is 1.79. The lowest BCUT2D eigenvalue weighted by Crippen LogP contribution is -2.43. The smallest absolute Gasteiger partial charge is 0.284 e. The molecule has 0 saturated carbocycles. The Kier molecular flexibility index (Phi) is 5.72. The van der Waals surface area contributed by atoms with Crippen LogP contribution in [0, 0.1) is 5.92 Å². The van der Waals surface area contributed by atoms with Crippen molar-refractivity contribution in [2.24, 2.45) is 11.7 Å². The van der Waals surface area contributed by atoms with Crippen LogP contribution in [-0.2, 0) is 11.3 Å². The quantitative estimate of drug-likeness (QED) is 0.695. The standard InChI is InChI=1S/C18H25N5O3/c1-11(2)16-13(4-3-9-25-16)22-15-7-8-20-18(23-15)21-10-12-5-6-14(26-12)17(19)24/h5-8,11,13,16H,3-4,9-10H2,1-2H3,(H2,19,24)(H2,20,21,22,23)/t13-,16-/m1/s1. The number of anilines is 2. The third-order valence-electron chi connectivity index (χ3n) is 4.34. The summed E-state index contributed by atoms with van der Waals surface area (Å²) in [5, 5.41) is 6.55. The molecular formula is C18H25N5O3. The number of hydrogen-bond acceptors (Lipinski definition) is 7. The molecule has 3 heterocycles. The molecule has 0 unspecified atom stereocenters. The van der Waals surface area contributed by atoms with E-state index in [4.69, 9.17) is 14.9 Å². The summed E-state index contributed by atoms with van der Waals surface area (Å²) in [5.41, 5.74) is 5.18. The zero-order chi connectivity index (χ0) is 18.5. The van der Waals surface area contributed by atoms with Crippen LogP contribution in [0.15, 0.2) is 28.8 Å². The number of hydrogen-bond donors (Lipinski definition) is 3. The molecule has 8 nitrogen and oxygen atoms in total. The second-order valence-electron chi connectivity index (χ2n) is 6.72. The van der Waals surface area contributed by atoms with Crippen LogP contribution in [-0.4, -0.2) is 34.6 Å². The van der Waals surface area contributed by atoms with Crippen LogP contribution >= 0.6 is 0 Å². The number of nitrogens with two attached hydrogens (primary N) is 1. The van der Waals surface area contributed by atoms with Gasteiger partial charge in [0.2, 0.25) is 5.95 Å². The molecule has 2 atom stereocenters. The molecule has 1 aliphatic heterocycles. The fourth-order valence-electron chi connectivity index (χ4n) is 3.10. The lowest BCUT2D eigenvalue weighted by Gasteiger charge is -2.35. The summed E-state index contributed by atoms with van der Waals surface area (Å²) in [6, 6.07) is 5.32. The van der Waals surface area contributed by atoms with Gasteiger partial charge >= 0.3 is 0 Å². The molecule has 26 heavy (non-hydrogen) atoms. The molecule has 1 fully saturated rings. The average molecular weight is 359 g/mol. The first kappa shape index (κ1) is 18.2. The number of nitrogens with one attached hydrogen (secondary N) is 2. The lowest BCUT2D eigenvalue weighted by molar-refractivity contribution is -0.0203. The first-order chi connectivity index (χ1) is 12.5. The second kappa shape index (κ2) is 8.18. The molecule has 140 valence electrons. The number of carbonyl (C=O) groups is 1. The van der Waals surface area contributed by atoms with Gasteiger partial charge in [0, 0.05) is 12.8 Å². The maximum Gasteiger partial charge on any atom is 0.284 e. The number of nitrogens with zero attached hydrogens (tertiary/aromatic N) is 2. The fraction of sp³-hybridized carbons (Fsp3) is 0.500. The Morgan fingerprint density at radius 3 is 2.96 bits per heavy atom. The molecule has 0 aliphatic carbocycles. The van der Waals surface area contributed by atoms with Gasteiger partial charge in [-0.25, -0.2) is 4.98 Å².